The lowest BCUT2D eigenvalue weighted by Gasteiger charge is -2.07. The number of hydrogen-bond donors (Lipinski definition) is 1. The van der Waals surface area contributed by atoms with Crippen LogP contribution in [0.5, 0.6) is 0 Å². The van der Waals surface area contributed by atoms with E-state index in [1.807, 2.05) is 35.0 Å². The highest BCUT2D eigenvalue weighted by molar-refractivity contribution is 6.30. The molecule has 4 heteroatoms. The largest absolute Gasteiger partial charge is 0.309 e. The summed E-state index contributed by atoms with van der Waals surface area (Å²) in [6, 6.07) is 16.4. The van der Waals surface area contributed by atoms with Crippen LogP contribution in [-0.4, -0.2) is 9.55 Å². The molecule has 0 amide bonds. The van der Waals surface area contributed by atoms with Crippen molar-refractivity contribution in [3.05, 3.63) is 83.4 Å². The number of aromatic nitrogens is 2. The van der Waals surface area contributed by atoms with Gasteiger partial charge in [0.05, 0.1) is 6.33 Å². The first-order chi connectivity index (χ1) is 10.3. The lowest BCUT2D eigenvalue weighted by molar-refractivity contribution is 0.693. The minimum absolute atomic E-state index is 0.772. The van der Waals surface area contributed by atoms with Crippen LogP contribution in [0.2, 0.25) is 5.02 Å². The van der Waals surface area contributed by atoms with E-state index < -0.39 is 0 Å². The van der Waals surface area contributed by atoms with Crippen molar-refractivity contribution in [3.8, 4) is 5.69 Å². The SMILES string of the molecule is Clc1ccc(CNCc2ccc(-n3ccnc3)cc2)cc1. The van der Waals surface area contributed by atoms with Crippen molar-refractivity contribution in [1.29, 1.82) is 0 Å². The monoisotopic (exact) mass is 297 g/mol. The van der Waals surface area contributed by atoms with Crippen molar-refractivity contribution in [2.24, 2.45) is 0 Å². The molecule has 0 radical (unpaired) electrons. The summed E-state index contributed by atoms with van der Waals surface area (Å²) in [4.78, 5) is 4.05. The Labute approximate surface area is 129 Å². The molecule has 3 nitrogen and oxygen atoms in total. The van der Waals surface area contributed by atoms with Gasteiger partial charge in [-0.25, -0.2) is 4.98 Å². The standard InChI is InChI=1S/C17H16ClN3/c18-16-5-1-14(2-6-16)11-20-12-15-3-7-17(8-4-15)21-10-9-19-13-21/h1-10,13,20H,11-12H2. The molecule has 106 valence electrons. The number of benzene rings is 2. The molecule has 21 heavy (non-hydrogen) atoms. The predicted molar refractivity (Wildman–Crippen MR) is 85.6 cm³/mol. The highest BCUT2D eigenvalue weighted by Crippen LogP contribution is 2.11. The van der Waals surface area contributed by atoms with Gasteiger partial charge < -0.3 is 9.88 Å². The maximum absolute atomic E-state index is 5.87. The second-order valence-electron chi connectivity index (χ2n) is 4.87. The number of rotatable bonds is 5. The Kier molecular flexibility index (Phi) is 4.34. The molecule has 0 aliphatic heterocycles. The van der Waals surface area contributed by atoms with E-state index in [2.05, 4.69) is 34.6 Å². The Morgan fingerprint density at radius 3 is 2.10 bits per heavy atom. The third-order valence-corrected chi connectivity index (χ3v) is 3.56. The Balaban J connectivity index is 1.55. The van der Waals surface area contributed by atoms with Gasteiger partial charge in [-0.3, -0.25) is 0 Å². The summed E-state index contributed by atoms with van der Waals surface area (Å²) >= 11 is 5.87. The lowest BCUT2D eigenvalue weighted by Crippen LogP contribution is -2.12. The molecule has 1 aromatic heterocycles. The normalized spacial score (nSPS) is 10.7. The molecule has 2 aromatic carbocycles. The van der Waals surface area contributed by atoms with E-state index in [1.165, 1.54) is 11.1 Å². The fourth-order valence-electron chi connectivity index (χ4n) is 2.15. The average Bonchev–Trinajstić information content (AvgIpc) is 3.04. The van der Waals surface area contributed by atoms with Gasteiger partial charge in [0.2, 0.25) is 0 Å². The molecule has 0 fully saturated rings. The van der Waals surface area contributed by atoms with Crippen LogP contribution >= 0.6 is 11.6 Å². The second-order valence-corrected chi connectivity index (χ2v) is 5.30. The van der Waals surface area contributed by atoms with E-state index >= 15 is 0 Å². The van der Waals surface area contributed by atoms with Crippen LogP contribution in [0.3, 0.4) is 0 Å². The Bertz CT molecular complexity index is 673. The Morgan fingerprint density at radius 2 is 1.52 bits per heavy atom. The van der Waals surface area contributed by atoms with Crippen molar-refractivity contribution in [2.75, 3.05) is 0 Å². The number of halogens is 1. The van der Waals surface area contributed by atoms with Crippen LogP contribution in [0.1, 0.15) is 11.1 Å². The fraction of sp³-hybridized carbons (Fsp3) is 0.118. The summed E-state index contributed by atoms with van der Waals surface area (Å²) in [5, 5.41) is 4.20. The van der Waals surface area contributed by atoms with E-state index in [1.54, 1.807) is 12.5 Å². The smallest absolute Gasteiger partial charge is 0.0991 e. The van der Waals surface area contributed by atoms with Crippen molar-refractivity contribution in [3.63, 3.8) is 0 Å². The molecule has 3 rings (SSSR count). The number of nitrogens with one attached hydrogen (secondary N) is 1. The van der Waals surface area contributed by atoms with E-state index in [4.69, 9.17) is 11.6 Å². The quantitative estimate of drug-likeness (QED) is 0.776. The van der Waals surface area contributed by atoms with Crippen LogP contribution in [-0.2, 0) is 13.1 Å². The summed E-state index contributed by atoms with van der Waals surface area (Å²) < 4.78 is 1.99. The van der Waals surface area contributed by atoms with Crippen LogP contribution in [0.15, 0.2) is 67.3 Å². The fourth-order valence-corrected chi connectivity index (χ4v) is 2.28. The van der Waals surface area contributed by atoms with Gasteiger partial charge in [-0.1, -0.05) is 35.9 Å². The maximum atomic E-state index is 5.87. The number of hydrogen-bond acceptors (Lipinski definition) is 2. The summed E-state index contributed by atoms with van der Waals surface area (Å²) in [6.45, 7) is 1.67. The van der Waals surface area contributed by atoms with Gasteiger partial charge in [0.15, 0.2) is 0 Å². The van der Waals surface area contributed by atoms with Crippen molar-refractivity contribution in [1.82, 2.24) is 14.9 Å². The molecule has 1 N–H and O–H groups in total. The molecule has 1 heterocycles. The molecular formula is C17H16ClN3. The predicted octanol–water partition coefficient (Wildman–Crippen LogP) is 3.82. The summed E-state index contributed by atoms with van der Waals surface area (Å²) in [6.07, 6.45) is 5.52. The van der Waals surface area contributed by atoms with E-state index in [-0.39, 0.29) is 0 Å². The van der Waals surface area contributed by atoms with Gasteiger partial charge in [0.1, 0.15) is 0 Å². The molecule has 0 saturated heterocycles. The second kappa shape index (κ2) is 6.57. The van der Waals surface area contributed by atoms with Gasteiger partial charge in [-0.15, -0.1) is 0 Å². The van der Waals surface area contributed by atoms with Crippen molar-refractivity contribution >= 4 is 11.6 Å². The molecule has 0 atom stereocenters. The molecular weight excluding hydrogens is 282 g/mol. The third-order valence-electron chi connectivity index (χ3n) is 3.31. The van der Waals surface area contributed by atoms with Crippen molar-refractivity contribution in [2.45, 2.75) is 13.1 Å². The highest BCUT2D eigenvalue weighted by atomic mass is 35.5. The molecule has 3 aromatic rings. The minimum Gasteiger partial charge on any atom is -0.309 e. The first-order valence-corrected chi connectivity index (χ1v) is 7.21. The topological polar surface area (TPSA) is 29.9 Å². The van der Waals surface area contributed by atoms with Crippen LogP contribution in [0, 0.1) is 0 Å². The zero-order valence-corrected chi connectivity index (χ0v) is 12.3. The third kappa shape index (κ3) is 3.72. The minimum atomic E-state index is 0.772. The summed E-state index contributed by atoms with van der Waals surface area (Å²) in [5.41, 5.74) is 3.61. The van der Waals surface area contributed by atoms with E-state index in [0.717, 1.165) is 23.8 Å². The first-order valence-electron chi connectivity index (χ1n) is 6.84. The maximum Gasteiger partial charge on any atom is 0.0991 e. The zero-order valence-electron chi connectivity index (χ0n) is 11.5. The first kappa shape index (κ1) is 13.9. The Hall–Kier alpha value is -2.10. The van der Waals surface area contributed by atoms with Crippen LogP contribution in [0.25, 0.3) is 5.69 Å². The average molecular weight is 298 g/mol. The number of imidazole rings is 1. The molecule has 0 spiro atoms. The van der Waals surface area contributed by atoms with Crippen LogP contribution in [0.4, 0.5) is 0 Å². The zero-order chi connectivity index (χ0) is 14.5. The van der Waals surface area contributed by atoms with Crippen molar-refractivity contribution < 1.29 is 0 Å². The van der Waals surface area contributed by atoms with Gasteiger partial charge in [-0.2, -0.15) is 0 Å². The Morgan fingerprint density at radius 1 is 0.905 bits per heavy atom. The van der Waals surface area contributed by atoms with E-state index in [0.29, 0.717) is 0 Å². The summed E-state index contributed by atoms with van der Waals surface area (Å²) in [5.74, 6) is 0. The van der Waals surface area contributed by atoms with Crippen LogP contribution < -0.4 is 5.32 Å². The lowest BCUT2D eigenvalue weighted by atomic mass is 10.2. The number of nitrogens with zero attached hydrogens (tertiary/aromatic N) is 2. The summed E-state index contributed by atoms with van der Waals surface area (Å²) in [7, 11) is 0. The van der Waals surface area contributed by atoms with Gasteiger partial charge >= 0.3 is 0 Å². The van der Waals surface area contributed by atoms with Gasteiger partial charge in [0, 0.05) is 36.2 Å². The molecule has 0 aliphatic rings. The molecule has 0 aliphatic carbocycles. The molecule has 0 unspecified atom stereocenters. The van der Waals surface area contributed by atoms with Gasteiger partial charge in [0.25, 0.3) is 0 Å². The molecule has 0 bridgehead atoms. The van der Waals surface area contributed by atoms with E-state index in [9.17, 15) is 0 Å². The van der Waals surface area contributed by atoms with Gasteiger partial charge in [-0.05, 0) is 35.4 Å². The highest BCUT2D eigenvalue weighted by Gasteiger charge is 1.97. The molecule has 0 saturated carbocycles.